The van der Waals surface area contributed by atoms with Gasteiger partial charge in [-0.2, -0.15) is 0 Å². The van der Waals surface area contributed by atoms with Gasteiger partial charge in [0.25, 0.3) is 0 Å². The summed E-state index contributed by atoms with van der Waals surface area (Å²) in [7, 11) is 0. The minimum atomic E-state index is -0.102. The second-order valence-corrected chi connectivity index (χ2v) is 6.00. The highest BCUT2D eigenvalue weighted by molar-refractivity contribution is 5.91. The quantitative estimate of drug-likeness (QED) is 0.870. The fourth-order valence-corrected chi connectivity index (χ4v) is 3.09. The smallest absolute Gasteiger partial charge is 0.319 e. The molecule has 2 rings (SSSR count). The van der Waals surface area contributed by atoms with Gasteiger partial charge in [0.05, 0.1) is 0 Å². The maximum atomic E-state index is 12.3. The van der Waals surface area contributed by atoms with E-state index in [-0.39, 0.29) is 12.1 Å². The summed E-state index contributed by atoms with van der Waals surface area (Å²) < 4.78 is 5.38. The first kappa shape index (κ1) is 16.8. The topological polar surface area (TPSA) is 50.4 Å². The van der Waals surface area contributed by atoms with E-state index in [2.05, 4.69) is 49.6 Å². The SMILES string of the molecule is CCc1cccc(CC)c1NC(=O)N[C@@H](C)C1CCOCC1. The average molecular weight is 304 g/mol. The number of amides is 2. The van der Waals surface area contributed by atoms with Gasteiger partial charge in [0, 0.05) is 24.9 Å². The first-order valence-electron chi connectivity index (χ1n) is 8.41. The zero-order chi connectivity index (χ0) is 15.9. The molecular formula is C18H28N2O2. The van der Waals surface area contributed by atoms with Crippen molar-refractivity contribution in [1.29, 1.82) is 0 Å². The minimum absolute atomic E-state index is 0.102. The van der Waals surface area contributed by atoms with Crippen LogP contribution in [0.25, 0.3) is 0 Å². The molecule has 22 heavy (non-hydrogen) atoms. The summed E-state index contributed by atoms with van der Waals surface area (Å²) in [6, 6.07) is 6.29. The van der Waals surface area contributed by atoms with Crippen molar-refractivity contribution in [2.45, 2.75) is 52.5 Å². The molecule has 1 saturated heterocycles. The van der Waals surface area contributed by atoms with E-state index in [1.807, 2.05) is 0 Å². The molecule has 0 unspecified atom stereocenters. The Balaban J connectivity index is 1.99. The zero-order valence-electron chi connectivity index (χ0n) is 13.9. The van der Waals surface area contributed by atoms with Crippen LogP contribution in [-0.2, 0) is 17.6 Å². The Bertz CT molecular complexity index is 474. The number of carbonyl (C=O) groups excluding carboxylic acids is 1. The lowest BCUT2D eigenvalue weighted by atomic mass is 9.93. The van der Waals surface area contributed by atoms with Crippen LogP contribution in [0.1, 0.15) is 44.7 Å². The zero-order valence-corrected chi connectivity index (χ0v) is 13.9. The number of nitrogens with one attached hydrogen (secondary N) is 2. The van der Waals surface area contributed by atoms with E-state index in [1.54, 1.807) is 0 Å². The van der Waals surface area contributed by atoms with Crippen LogP contribution in [0.4, 0.5) is 10.5 Å². The molecule has 1 aliphatic rings. The average Bonchev–Trinajstić information content (AvgIpc) is 2.55. The number of ether oxygens (including phenoxy) is 1. The Hall–Kier alpha value is -1.55. The first-order chi connectivity index (χ1) is 10.7. The van der Waals surface area contributed by atoms with Gasteiger partial charge in [-0.15, -0.1) is 0 Å². The fourth-order valence-electron chi connectivity index (χ4n) is 3.09. The second kappa shape index (κ2) is 8.18. The van der Waals surface area contributed by atoms with Crippen LogP contribution in [-0.4, -0.2) is 25.3 Å². The van der Waals surface area contributed by atoms with Crippen LogP contribution in [0, 0.1) is 5.92 Å². The van der Waals surface area contributed by atoms with E-state index < -0.39 is 0 Å². The van der Waals surface area contributed by atoms with Gasteiger partial charge in [-0.25, -0.2) is 4.79 Å². The number of hydrogen-bond donors (Lipinski definition) is 2. The molecular weight excluding hydrogens is 276 g/mol. The lowest BCUT2D eigenvalue weighted by Crippen LogP contribution is -2.42. The van der Waals surface area contributed by atoms with Crippen LogP contribution >= 0.6 is 0 Å². The summed E-state index contributed by atoms with van der Waals surface area (Å²) in [4.78, 5) is 12.3. The third-order valence-electron chi connectivity index (χ3n) is 4.57. The first-order valence-corrected chi connectivity index (χ1v) is 8.41. The van der Waals surface area contributed by atoms with Crippen LogP contribution in [0.15, 0.2) is 18.2 Å². The van der Waals surface area contributed by atoms with Crippen molar-refractivity contribution in [2.75, 3.05) is 18.5 Å². The molecule has 0 bridgehead atoms. The van der Waals surface area contributed by atoms with E-state index in [0.717, 1.165) is 44.6 Å². The maximum Gasteiger partial charge on any atom is 0.319 e. The van der Waals surface area contributed by atoms with Gasteiger partial charge in [-0.3, -0.25) is 0 Å². The Morgan fingerprint density at radius 3 is 2.36 bits per heavy atom. The molecule has 0 aliphatic carbocycles. The van der Waals surface area contributed by atoms with E-state index in [0.29, 0.717) is 5.92 Å². The summed E-state index contributed by atoms with van der Waals surface area (Å²) in [6.07, 6.45) is 3.87. The van der Waals surface area contributed by atoms with Crippen LogP contribution < -0.4 is 10.6 Å². The normalized spacial score (nSPS) is 17.0. The summed E-state index contributed by atoms with van der Waals surface area (Å²) in [5.74, 6) is 0.506. The number of anilines is 1. The number of para-hydroxylation sites is 1. The third-order valence-corrected chi connectivity index (χ3v) is 4.57. The standard InChI is InChI=1S/C18H28N2O2/c1-4-14-7-6-8-15(5-2)17(14)20-18(21)19-13(3)16-9-11-22-12-10-16/h6-8,13,16H,4-5,9-12H2,1-3H3,(H2,19,20,21)/t13-/m0/s1. The van der Waals surface area contributed by atoms with Crippen LogP contribution in [0.5, 0.6) is 0 Å². The second-order valence-electron chi connectivity index (χ2n) is 6.00. The van der Waals surface area contributed by atoms with Crippen molar-refractivity contribution in [1.82, 2.24) is 5.32 Å². The number of hydrogen-bond acceptors (Lipinski definition) is 2. The van der Waals surface area contributed by atoms with E-state index in [1.165, 1.54) is 11.1 Å². The molecule has 1 aromatic rings. The Kier molecular flexibility index (Phi) is 6.25. The number of urea groups is 1. The summed E-state index contributed by atoms with van der Waals surface area (Å²) >= 11 is 0. The van der Waals surface area contributed by atoms with Gasteiger partial charge in [0.1, 0.15) is 0 Å². The molecule has 0 aromatic heterocycles. The molecule has 1 aliphatic heterocycles. The molecule has 1 fully saturated rings. The van der Waals surface area contributed by atoms with Crippen molar-refractivity contribution in [2.24, 2.45) is 5.92 Å². The van der Waals surface area contributed by atoms with Crippen molar-refractivity contribution < 1.29 is 9.53 Å². The molecule has 1 aromatic carbocycles. The fraction of sp³-hybridized carbons (Fsp3) is 0.611. The molecule has 1 heterocycles. The van der Waals surface area contributed by atoms with E-state index in [4.69, 9.17) is 4.74 Å². The molecule has 122 valence electrons. The van der Waals surface area contributed by atoms with Gasteiger partial charge >= 0.3 is 6.03 Å². The summed E-state index contributed by atoms with van der Waals surface area (Å²) in [6.45, 7) is 7.92. The van der Waals surface area contributed by atoms with Gasteiger partial charge < -0.3 is 15.4 Å². The van der Waals surface area contributed by atoms with Crippen molar-refractivity contribution in [3.8, 4) is 0 Å². The van der Waals surface area contributed by atoms with Crippen molar-refractivity contribution in [3.05, 3.63) is 29.3 Å². The molecule has 2 N–H and O–H groups in total. The monoisotopic (exact) mass is 304 g/mol. The van der Waals surface area contributed by atoms with Gasteiger partial charge in [0.15, 0.2) is 0 Å². The van der Waals surface area contributed by atoms with E-state index >= 15 is 0 Å². The number of benzene rings is 1. The molecule has 0 saturated carbocycles. The number of aryl methyl sites for hydroxylation is 2. The number of carbonyl (C=O) groups is 1. The highest BCUT2D eigenvalue weighted by Crippen LogP contribution is 2.23. The molecule has 1 atom stereocenters. The largest absolute Gasteiger partial charge is 0.381 e. The maximum absolute atomic E-state index is 12.3. The Labute approximate surface area is 133 Å². The Morgan fingerprint density at radius 1 is 1.23 bits per heavy atom. The summed E-state index contributed by atoms with van der Waals surface area (Å²) in [5.41, 5.74) is 3.35. The van der Waals surface area contributed by atoms with Crippen molar-refractivity contribution >= 4 is 11.7 Å². The molecule has 2 amide bonds. The van der Waals surface area contributed by atoms with Gasteiger partial charge in [-0.1, -0.05) is 32.0 Å². The third kappa shape index (κ3) is 4.23. The van der Waals surface area contributed by atoms with Crippen molar-refractivity contribution in [3.63, 3.8) is 0 Å². The highest BCUT2D eigenvalue weighted by atomic mass is 16.5. The van der Waals surface area contributed by atoms with Gasteiger partial charge in [-0.05, 0) is 49.7 Å². The predicted molar refractivity (Wildman–Crippen MR) is 90.4 cm³/mol. The Morgan fingerprint density at radius 2 is 1.82 bits per heavy atom. The van der Waals surface area contributed by atoms with Gasteiger partial charge in [0.2, 0.25) is 0 Å². The van der Waals surface area contributed by atoms with Crippen LogP contribution in [0.2, 0.25) is 0 Å². The predicted octanol–water partition coefficient (Wildman–Crippen LogP) is 3.75. The summed E-state index contributed by atoms with van der Waals surface area (Å²) in [5, 5.41) is 6.16. The lowest BCUT2D eigenvalue weighted by molar-refractivity contribution is 0.0573. The molecule has 4 nitrogen and oxygen atoms in total. The lowest BCUT2D eigenvalue weighted by Gasteiger charge is -2.28. The molecule has 4 heteroatoms. The highest BCUT2D eigenvalue weighted by Gasteiger charge is 2.22. The molecule has 0 radical (unpaired) electrons. The number of rotatable bonds is 5. The minimum Gasteiger partial charge on any atom is -0.381 e. The van der Waals surface area contributed by atoms with Crippen LogP contribution in [0.3, 0.4) is 0 Å². The molecule has 0 spiro atoms. The van der Waals surface area contributed by atoms with E-state index in [9.17, 15) is 4.79 Å².